The van der Waals surface area contributed by atoms with Crippen LogP contribution in [0.15, 0.2) is 146 Å². The molecule has 7 rings (SSSR count). The summed E-state index contributed by atoms with van der Waals surface area (Å²) in [5.74, 6) is 1.01. The van der Waals surface area contributed by atoms with E-state index < -0.39 is 195 Å². The minimum absolute atomic E-state index is 0.0171. The highest BCUT2D eigenvalue weighted by atomic mass is 19.4. The lowest BCUT2D eigenvalue weighted by Gasteiger charge is -2.46. The zero-order valence-corrected chi connectivity index (χ0v) is 39.4. The Morgan fingerprint density at radius 2 is 0.741 bits per heavy atom. The van der Waals surface area contributed by atoms with Crippen molar-refractivity contribution in [2.45, 2.75) is 56.0 Å². The molecule has 0 aliphatic carbocycles. The van der Waals surface area contributed by atoms with Gasteiger partial charge in [-0.1, -0.05) is 78.9 Å². The Morgan fingerprint density at radius 3 is 1.01 bits per heavy atom. The van der Waals surface area contributed by atoms with E-state index in [4.69, 9.17) is 10.00 Å². The van der Waals surface area contributed by atoms with E-state index in [-0.39, 0.29) is 12.3 Å². The number of nitrogens with zero attached hydrogens (tertiary/aromatic N) is 3. The molecule has 1 aromatic heterocycles. The third kappa shape index (κ3) is 14.6. The molecule has 0 amide bonds. The molecule has 30 heteroatoms. The molecule has 1 heterocycles. The second-order valence-electron chi connectivity index (χ2n) is 17.3. The molecule has 0 saturated carbocycles. The molecule has 0 radical (unpaired) electrons. The van der Waals surface area contributed by atoms with Gasteiger partial charge in [0, 0.05) is 5.56 Å². The van der Waals surface area contributed by atoms with Gasteiger partial charge in [0.25, 0.3) is 0 Å². The van der Waals surface area contributed by atoms with Gasteiger partial charge in [0.2, 0.25) is 12.3 Å². The largest absolute Gasteiger partial charge is 0.416 e. The Kier molecular flexibility index (Phi) is 16.8. The molecule has 5 nitrogen and oxygen atoms in total. The Bertz CT molecular complexity index is 3020. The Labute approximate surface area is 438 Å². The fourth-order valence-electron chi connectivity index (χ4n) is 8.25. The van der Waals surface area contributed by atoms with E-state index in [0.717, 1.165) is 0 Å². The number of Topliss-reactive ketones (excluding diaryl/α,β-unsaturated/α-hetero) is 1. The lowest BCUT2D eigenvalue weighted by molar-refractivity contribution is -0.687. The van der Waals surface area contributed by atoms with Gasteiger partial charge in [0.05, 0.1) is 62.3 Å². The quantitative estimate of drug-likeness (QED) is 0.0625. The molecule has 0 aliphatic rings. The number of ether oxygens (including phenoxy) is 1. The molecule has 0 saturated heterocycles. The average molecular weight is 1180 g/mol. The topological polar surface area (TPSA) is 66.9 Å². The van der Waals surface area contributed by atoms with Crippen molar-refractivity contribution in [1.82, 2.24) is 4.98 Å². The fraction of sp³-hybridized carbons (Fsp3) is 0.176. The molecule has 7 aromatic rings. The SMILES string of the molecule is FC(F)(F)c1cc([B-](c2cc(C(F)(F)F)cc(C(F)(F)F)c2)(c2cc(C(F)(F)F)cc(C(F)(F)F)c2)c2cc(C(F)(F)F)cc(C(F)(F)F)c2)cc(C(F)(F)F)c1.N#Cc1ccc(Oc2cncc[n+]2CC(=O)c2ccccc2)cc1. The number of alkyl halides is 24. The van der Waals surface area contributed by atoms with Crippen molar-refractivity contribution in [3.63, 3.8) is 0 Å². The van der Waals surface area contributed by atoms with E-state index in [2.05, 4.69) is 11.1 Å². The number of hydrogen-bond acceptors (Lipinski definition) is 4. The number of benzene rings is 6. The highest BCUT2D eigenvalue weighted by Gasteiger charge is 2.47. The molecule has 81 heavy (non-hydrogen) atoms. The van der Waals surface area contributed by atoms with E-state index in [9.17, 15) is 110 Å². The van der Waals surface area contributed by atoms with E-state index in [1.165, 1.54) is 0 Å². The van der Waals surface area contributed by atoms with Gasteiger partial charge < -0.3 is 4.74 Å². The molecule has 0 bridgehead atoms. The van der Waals surface area contributed by atoms with Gasteiger partial charge >= 0.3 is 55.3 Å². The van der Waals surface area contributed by atoms with Crippen LogP contribution in [0.2, 0.25) is 0 Å². The summed E-state index contributed by atoms with van der Waals surface area (Å²) in [5.41, 5.74) is -29.0. The normalized spacial score (nSPS) is 13.0. The van der Waals surface area contributed by atoms with Gasteiger partial charge in [-0.2, -0.15) is 137 Å². The van der Waals surface area contributed by atoms with Crippen LogP contribution in [0.4, 0.5) is 105 Å². The number of ketones is 1. The monoisotopic (exact) mass is 1180 g/mol. The Hall–Kier alpha value is -8.26. The number of rotatable bonds is 9. The maximum Gasteiger partial charge on any atom is 0.416 e. The maximum absolute atomic E-state index is 14.2. The summed E-state index contributed by atoms with van der Waals surface area (Å²) in [6.45, 7) is 0.151. The van der Waals surface area contributed by atoms with Gasteiger partial charge in [-0.05, 0) is 48.5 Å². The van der Waals surface area contributed by atoms with E-state index >= 15 is 0 Å². The van der Waals surface area contributed by atoms with Gasteiger partial charge in [-0.3, -0.25) is 4.79 Å². The first-order valence-electron chi connectivity index (χ1n) is 22.0. The molecule has 0 spiro atoms. The van der Waals surface area contributed by atoms with Crippen molar-refractivity contribution in [3.05, 3.63) is 202 Å². The maximum atomic E-state index is 14.2. The summed E-state index contributed by atoms with van der Waals surface area (Å²) in [6.07, 6.45) is -50.0. The van der Waals surface area contributed by atoms with E-state index in [0.29, 0.717) is 22.8 Å². The molecule has 0 N–H and O–H groups in total. The molecule has 0 aliphatic heterocycles. The third-order valence-corrected chi connectivity index (χ3v) is 11.9. The summed E-state index contributed by atoms with van der Waals surface area (Å²) in [4.78, 5) is 16.4. The van der Waals surface area contributed by atoms with Crippen molar-refractivity contribution in [1.29, 1.82) is 5.26 Å². The van der Waals surface area contributed by atoms with Crippen LogP contribution in [0, 0.1) is 11.3 Å². The van der Waals surface area contributed by atoms with Crippen LogP contribution >= 0.6 is 0 Å². The molecule has 428 valence electrons. The van der Waals surface area contributed by atoms with Crippen molar-refractivity contribution in [3.8, 4) is 17.7 Å². The van der Waals surface area contributed by atoms with Crippen molar-refractivity contribution < 1.29 is 119 Å². The van der Waals surface area contributed by atoms with Crippen LogP contribution in [0.25, 0.3) is 0 Å². The van der Waals surface area contributed by atoms with Crippen LogP contribution in [0.3, 0.4) is 0 Å². The Morgan fingerprint density at radius 1 is 0.444 bits per heavy atom. The number of carbonyl (C=O) groups excluding carboxylic acids is 1. The van der Waals surface area contributed by atoms with Gasteiger partial charge in [0.1, 0.15) is 18.1 Å². The van der Waals surface area contributed by atoms with Gasteiger partial charge in [-0.25, -0.2) is 4.98 Å². The minimum Gasteiger partial charge on any atom is -0.404 e. The summed E-state index contributed by atoms with van der Waals surface area (Å²) in [5, 5.41) is 8.83. The van der Waals surface area contributed by atoms with Crippen molar-refractivity contribution in [2.24, 2.45) is 0 Å². The summed E-state index contributed by atoms with van der Waals surface area (Å²) in [6, 6.07) is 9.10. The highest BCUT2D eigenvalue weighted by molar-refractivity contribution is 7.20. The van der Waals surface area contributed by atoms with Gasteiger partial charge in [-0.15, -0.1) is 0 Å². The first kappa shape index (κ1) is 61.9. The molecule has 0 atom stereocenters. The second kappa shape index (κ2) is 22.0. The van der Waals surface area contributed by atoms with Crippen molar-refractivity contribution >= 4 is 33.8 Å². The standard InChI is InChI=1S/C32H12BF24.C19H14N3O2/c34-25(35,36)13-1-14(26(37,38)39)6-21(5-13)33(22-7-15(27(40,41)42)2-16(8-22)28(43,44)45,23-9-17(29(46,47)48)3-18(10-23)30(49,50)51)24-11-19(31(52,53)54)4-20(12-24)32(55,56)57;20-12-15-6-8-17(9-7-15)24-19-13-21-10-11-22(19)14-18(23)16-4-2-1-3-5-16/h1-12H;1-11,13H,14H2/q-1;+1. The lowest BCUT2D eigenvalue weighted by Crippen LogP contribution is -2.75. The van der Waals surface area contributed by atoms with Gasteiger partial charge in [0.15, 0.2) is 6.20 Å². The molecule has 0 fully saturated rings. The zero-order valence-electron chi connectivity index (χ0n) is 39.4. The summed E-state index contributed by atoms with van der Waals surface area (Å²) >= 11 is 0. The van der Waals surface area contributed by atoms with Crippen LogP contribution in [-0.2, 0) is 56.0 Å². The Balaban J connectivity index is 0.000000363. The minimum atomic E-state index is -6.13. The number of hydrogen-bond donors (Lipinski definition) is 0. The van der Waals surface area contributed by atoms with E-state index in [1.54, 1.807) is 59.6 Å². The predicted molar refractivity (Wildman–Crippen MR) is 237 cm³/mol. The zero-order chi connectivity index (χ0) is 60.7. The van der Waals surface area contributed by atoms with Crippen LogP contribution in [0.5, 0.6) is 11.6 Å². The lowest BCUT2D eigenvalue weighted by atomic mass is 9.12. The van der Waals surface area contributed by atoms with E-state index in [1.807, 2.05) is 18.2 Å². The fourth-order valence-corrected chi connectivity index (χ4v) is 8.25. The summed E-state index contributed by atoms with van der Waals surface area (Å²) in [7, 11) is 0. The number of carbonyl (C=O) groups is 1. The number of halogens is 24. The van der Waals surface area contributed by atoms with Crippen LogP contribution in [0.1, 0.15) is 60.4 Å². The molecule has 6 aromatic carbocycles. The average Bonchev–Trinajstić information content (AvgIpc) is 3.40. The van der Waals surface area contributed by atoms with Crippen molar-refractivity contribution in [2.75, 3.05) is 0 Å². The second-order valence-corrected chi connectivity index (χ2v) is 17.3. The first-order chi connectivity index (χ1) is 37.0. The van der Waals surface area contributed by atoms with Crippen LogP contribution < -0.4 is 31.2 Å². The molecular formula is C51H26BF24N3O2. The number of aromatic nitrogens is 2. The van der Waals surface area contributed by atoms with Crippen LogP contribution in [-0.4, -0.2) is 16.9 Å². The summed E-state index contributed by atoms with van der Waals surface area (Å²) < 4.78 is 348. The predicted octanol–water partition coefficient (Wildman–Crippen LogP) is 14.1. The first-order valence-corrected chi connectivity index (χ1v) is 22.0. The molecular weight excluding hydrogens is 1150 g/mol. The highest BCUT2D eigenvalue weighted by Crippen LogP contribution is 2.41. The number of nitriles is 1. The third-order valence-electron chi connectivity index (χ3n) is 11.9. The molecule has 0 unspecified atom stereocenters. The smallest absolute Gasteiger partial charge is 0.404 e.